The number of nitrogens with zero attached hydrogens (tertiary/aromatic N) is 6. The van der Waals surface area contributed by atoms with E-state index in [0.717, 1.165) is 50.0 Å². The van der Waals surface area contributed by atoms with Gasteiger partial charge in [0.05, 0.1) is 29.8 Å². The highest BCUT2D eigenvalue weighted by atomic mass is 28.5. The van der Waals surface area contributed by atoms with E-state index in [0.29, 0.717) is 42.4 Å². The van der Waals surface area contributed by atoms with E-state index in [2.05, 4.69) is 139 Å². The van der Waals surface area contributed by atoms with Crippen LogP contribution in [0, 0.1) is 0 Å². The molecule has 5 heterocycles. The minimum Gasteiger partial charge on any atom is -0.437 e. The van der Waals surface area contributed by atoms with Crippen LogP contribution in [0.4, 0.5) is 21.5 Å². The van der Waals surface area contributed by atoms with Crippen molar-refractivity contribution in [2.75, 3.05) is 30.3 Å². The normalized spacial score (nSPS) is 12.2. The molecule has 0 aliphatic carbocycles. The lowest BCUT2D eigenvalue weighted by molar-refractivity contribution is -0.118. The summed E-state index contributed by atoms with van der Waals surface area (Å²) < 4.78 is 27.3. The lowest BCUT2D eigenvalue weighted by Crippen LogP contribution is -2.52. The summed E-state index contributed by atoms with van der Waals surface area (Å²) in [6.07, 6.45) is 12.5. The first-order chi connectivity index (χ1) is 39.3. The highest BCUT2D eigenvalue weighted by Crippen LogP contribution is 2.28. The van der Waals surface area contributed by atoms with Crippen molar-refractivity contribution >= 4 is 80.1 Å². The average Bonchev–Trinajstić information content (AvgIpc) is 4.23. The zero-order valence-corrected chi connectivity index (χ0v) is 59.8. The summed E-state index contributed by atoms with van der Waals surface area (Å²) in [6.45, 7) is 39.7. The van der Waals surface area contributed by atoms with Crippen LogP contribution in [0.2, 0.25) is 103 Å². The van der Waals surface area contributed by atoms with Crippen LogP contribution < -0.4 is 44.1 Å². The largest absolute Gasteiger partial charge is 0.437 e. The van der Waals surface area contributed by atoms with E-state index in [1.165, 1.54) is 41.5 Å². The summed E-state index contributed by atoms with van der Waals surface area (Å²) in [7, 11) is -12.0. The van der Waals surface area contributed by atoms with Gasteiger partial charge in [0.15, 0.2) is 33.3 Å². The zero-order valence-electron chi connectivity index (χ0n) is 53.8. The molecule has 5 aromatic rings. The van der Waals surface area contributed by atoms with Crippen molar-refractivity contribution < 1.29 is 30.8 Å². The number of H-pyrrole nitrogens is 4. The molecule has 0 radical (unpaired) electrons. The highest BCUT2D eigenvalue weighted by Gasteiger charge is 2.40. The first kappa shape index (κ1) is 75.6. The van der Waals surface area contributed by atoms with Crippen LogP contribution in [0.1, 0.15) is 108 Å². The van der Waals surface area contributed by atoms with Gasteiger partial charge in [-0.2, -0.15) is 0 Å². The number of aromatic nitrogens is 10. The van der Waals surface area contributed by atoms with E-state index < -0.39 is 62.5 Å². The van der Waals surface area contributed by atoms with Crippen LogP contribution in [0.5, 0.6) is 0 Å². The van der Waals surface area contributed by atoms with Crippen molar-refractivity contribution in [2.45, 2.75) is 194 Å². The Labute approximate surface area is 508 Å². The van der Waals surface area contributed by atoms with Gasteiger partial charge in [-0.3, -0.25) is 44.3 Å². The lowest BCUT2D eigenvalue weighted by Gasteiger charge is -2.38. The number of nitrogens with two attached hydrogens (primary N) is 2. The van der Waals surface area contributed by atoms with Gasteiger partial charge in [0, 0.05) is 56.0 Å². The van der Waals surface area contributed by atoms with Crippen LogP contribution in [0.15, 0.2) is 70.0 Å². The summed E-state index contributed by atoms with van der Waals surface area (Å²) >= 11 is 0. The minimum absolute atomic E-state index is 0.0519. The third-order valence-corrected chi connectivity index (χ3v) is 35.2. The second-order valence-corrected chi connectivity index (χ2v) is 50.0. The SMILES string of the molecule is CC(C)c1cc(=O)[nH]c(CC(=O)CCC[Si](C)(C)O[Si](C)(C)O[Si](C)(C)CCCNC(=O)Nc2nc(C(C)C)cc(=O)[nH]2)n1.CC(C)c1cc(=O)[nH]c(NC(=O)n2ccnc2)n1.C[Si](C)(CCN)O[Si](C)(C)O[Si](C)(C)CCCN.c1c[nH]cn1. The molecule has 0 spiro atoms. The maximum Gasteiger partial charge on any atom is 0.333 e. The maximum atomic E-state index is 12.6. The quantitative estimate of drug-likeness (QED) is 0.0166. The van der Waals surface area contributed by atoms with Gasteiger partial charge < -0.3 is 43.2 Å². The number of imidazole rings is 2. The zero-order chi connectivity index (χ0) is 64.4. The Morgan fingerprint density at radius 1 is 0.576 bits per heavy atom. The molecule has 3 amide bonds. The van der Waals surface area contributed by atoms with E-state index in [4.69, 9.17) is 27.9 Å². The highest BCUT2D eigenvalue weighted by molar-refractivity contribution is 6.88. The number of nitrogens with one attached hydrogen (secondary N) is 7. The molecule has 0 aliphatic rings. The standard InChI is InChI=1S/C29H52N6O6Si3.C11H13N5O2.C11H32N2O2Si3.C3H4N2/c1-20(2)23-18-26(37)33-25(31-23)17-22(36)13-11-15-42(5,6)40-44(9,10)41-43(7,8)16-12-14-30-29(39)35-28-32-24(21(3)4)19-27(38)34-28;1-7(2)8-5-9(17)14-10(13-8)15-11(18)16-4-3-12-6-16;1-16(2,10-7-8-12)14-18(5,6)15-17(3,4)11-9-13;1-2-5-3-4-1/h18-21H,11-17H2,1-10H3,(H,31,33,37)(H3,30,32,34,35,38,39);3-7H,1-2H3,(H2,13,14,15,17,18);7-13H2,1-6H3;1-3H,(H,4,5). The summed E-state index contributed by atoms with van der Waals surface area (Å²) in [4.78, 5) is 103. The van der Waals surface area contributed by atoms with Crippen LogP contribution >= 0.6 is 0 Å². The van der Waals surface area contributed by atoms with Gasteiger partial charge in [-0.25, -0.2) is 34.5 Å². The number of anilines is 2. The molecule has 0 saturated carbocycles. The summed E-state index contributed by atoms with van der Waals surface area (Å²) in [5.74, 6) is 1.02. The topological polar surface area (TPSA) is 360 Å². The summed E-state index contributed by atoms with van der Waals surface area (Å²) in [5.41, 5.74) is 12.3. The van der Waals surface area contributed by atoms with E-state index in [1.54, 1.807) is 18.7 Å². The van der Waals surface area contributed by atoms with Gasteiger partial charge in [-0.15, -0.1) is 0 Å². The molecule has 85 heavy (non-hydrogen) atoms. The van der Waals surface area contributed by atoms with Crippen molar-refractivity contribution in [3.8, 4) is 0 Å². The Morgan fingerprint density at radius 2 is 1.04 bits per heavy atom. The summed E-state index contributed by atoms with van der Waals surface area (Å²) in [5, 5.41) is 7.92. The van der Waals surface area contributed by atoms with Gasteiger partial charge >= 0.3 is 29.2 Å². The van der Waals surface area contributed by atoms with E-state index in [1.807, 2.05) is 41.5 Å². The third-order valence-electron chi connectivity index (χ3n) is 12.4. The molecule has 0 unspecified atom stereocenters. The van der Waals surface area contributed by atoms with E-state index >= 15 is 0 Å². The molecule has 0 aromatic carbocycles. The fourth-order valence-corrected chi connectivity index (χ4v) is 36.8. The Kier molecular flexibility index (Phi) is 31.5. The monoisotopic (exact) mass is 1290 g/mol. The molecule has 5 rings (SSSR count). The fraction of sp³-hybridized carbons (Fsp3) is 0.611. The van der Waals surface area contributed by atoms with Crippen molar-refractivity contribution in [1.82, 2.24) is 54.7 Å². The van der Waals surface area contributed by atoms with Crippen LogP contribution in [-0.4, -0.2) is 137 Å². The number of amides is 3. The van der Waals surface area contributed by atoms with Gasteiger partial charge in [-0.1, -0.05) is 41.5 Å². The molecule has 0 atom stereocenters. The first-order valence-corrected chi connectivity index (χ1v) is 47.3. The Hall–Kier alpha value is -5.47. The number of ketones is 1. The van der Waals surface area contributed by atoms with Crippen molar-refractivity contribution in [1.29, 1.82) is 0 Å². The molecule has 0 saturated heterocycles. The smallest absolute Gasteiger partial charge is 0.333 e. The molecule has 0 aliphatic heterocycles. The number of aromatic amines is 4. The van der Waals surface area contributed by atoms with E-state index in [-0.39, 0.29) is 58.5 Å². The van der Waals surface area contributed by atoms with Crippen LogP contribution in [0.25, 0.3) is 0 Å². The number of Topliss-reactive ketones (excluding diaryl/α,β-unsaturated/α-hetero) is 1. The number of hydrogen-bond donors (Lipinski definition) is 9. The number of urea groups is 1. The first-order valence-electron chi connectivity index (χ1n) is 29.2. The second kappa shape index (κ2) is 35.4. The Morgan fingerprint density at radius 3 is 1.46 bits per heavy atom. The number of hydrogen-bond acceptors (Lipinski definition) is 17. The van der Waals surface area contributed by atoms with Crippen molar-refractivity contribution in [3.63, 3.8) is 0 Å². The minimum atomic E-state index is -2.44. The van der Waals surface area contributed by atoms with Gasteiger partial charge in [0.2, 0.25) is 11.9 Å². The van der Waals surface area contributed by atoms with Crippen molar-refractivity contribution in [2.24, 2.45) is 11.5 Å². The third kappa shape index (κ3) is 32.7. The lowest BCUT2D eigenvalue weighted by atomic mass is 10.1. The van der Waals surface area contributed by atoms with Gasteiger partial charge in [0.25, 0.3) is 16.7 Å². The second-order valence-electron chi connectivity index (χ2n) is 25.0. The van der Waals surface area contributed by atoms with Crippen LogP contribution in [0.3, 0.4) is 0 Å². The predicted molar refractivity (Wildman–Crippen MR) is 353 cm³/mol. The fourth-order valence-electron chi connectivity index (χ4n) is 8.97. The van der Waals surface area contributed by atoms with Gasteiger partial charge in [0.1, 0.15) is 17.9 Å². The number of carbonyl (C=O) groups is 3. The molecule has 0 bridgehead atoms. The van der Waals surface area contributed by atoms with Crippen molar-refractivity contribution in [3.05, 3.63) is 110 Å². The molecule has 5 aromatic heterocycles. The Balaban J connectivity index is 0.000000487. The molecule has 31 heteroatoms. The average molecular weight is 1290 g/mol. The molecule has 11 N–H and O–H groups in total. The van der Waals surface area contributed by atoms with Crippen LogP contribution in [-0.2, 0) is 27.7 Å². The molecule has 476 valence electrons. The summed E-state index contributed by atoms with van der Waals surface area (Å²) in [6, 6.07) is 7.25. The molecule has 25 nitrogen and oxygen atoms in total. The maximum absolute atomic E-state index is 12.6. The van der Waals surface area contributed by atoms with E-state index in [9.17, 15) is 28.8 Å². The predicted octanol–water partition coefficient (Wildman–Crippen LogP) is 9.37. The Bertz CT molecular complexity index is 2950. The molecule has 0 fully saturated rings. The molecular weight excluding hydrogens is 1190 g/mol. The number of carbonyl (C=O) groups excluding carboxylic acids is 3. The molecular formula is C54H101N15O10Si6. The number of rotatable bonds is 28. The van der Waals surface area contributed by atoms with Gasteiger partial charge in [-0.05, 0) is 153 Å².